The number of nitrogens with zero attached hydrogens (tertiary/aromatic N) is 5. The van der Waals surface area contributed by atoms with Crippen LogP contribution in [-0.4, -0.2) is 30.6 Å². The molecule has 6 heteroatoms. The van der Waals surface area contributed by atoms with Crippen LogP contribution < -0.4 is 5.32 Å². The molecule has 0 radical (unpaired) electrons. The van der Waals surface area contributed by atoms with E-state index in [1.165, 1.54) is 11.1 Å². The Morgan fingerprint density at radius 2 is 1.93 bits per heavy atom. The molecule has 0 bridgehead atoms. The van der Waals surface area contributed by atoms with Gasteiger partial charge in [-0.05, 0) is 32.8 Å². The zero-order valence-corrected chi connectivity index (χ0v) is 16.4. The molecule has 0 saturated heterocycles. The van der Waals surface area contributed by atoms with Gasteiger partial charge in [-0.15, -0.1) is 10.2 Å². The van der Waals surface area contributed by atoms with Gasteiger partial charge in [-0.2, -0.15) is 5.10 Å². The summed E-state index contributed by atoms with van der Waals surface area (Å²) < 4.78 is 4.33. The lowest BCUT2D eigenvalue weighted by atomic mass is 10.1. The predicted molar refractivity (Wildman–Crippen MR) is 105 cm³/mol. The third-order valence-corrected chi connectivity index (χ3v) is 5.15. The second kappa shape index (κ2) is 7.27. The number of rotatable bonds is 5. The van der Waals surface area contributed by atoms with Crippen LogP contribution in [-0.2, 0) is 31.5 Å². The second-order valence-corrected chi connectivity index (χ2v) is 8.39. The summed E-state index contributed by atoms with van der Waals surface area (Å²) in [5.74, 6) is 2.17. The number of nitrogens with one attached hydrogen (secondary N) is 1. The molecular weight excluding hydrogens is 336 g/mol. The molecule has 1 aliphatic heterocycles. The van der Waals surface area contributed by atoms with Gasteiger partial charge in [-0.25, -0.2) is 0 Å². The van der Waals surface area contributed by atoms with Crippen LogP contribution in [0.1, 0.15) is 50.0 Å². The van der Waals surface area contributed by atoms with E-state index in [1.54, 1.807) is 0 Å². The van der Waals surface area contributed by atoms with Crippen molar-refractivity contribution >= 4 is 0 Å². The van der Waals surface area contributed by atoms with E-state index in [9.17, 15) is 0 Å². The highest BCUT2D eigenvalue weighted by atomic mass is 15.3. The van der Waals surface area contributed by atoms with Crippen LogP contribution in [0.4, 0.5) is 0 Å². The number of hydrogen-bond donors (Lipinski definition) is 1. The molecule has 2 aromatic heterocycles. The van der Waals surface area contributed by atoms with Gasteiger partial charge in [0.05, 0.1) is 11.7 Å². The average molecular weight is 364 g/mol. The van der Waals surface area contributed by atoms with E-state index in [-0.39, 0.29) is 5.54 Å². The standard InChI is InChI=1S/C21H28N6/c1-21(2,3)27-14-17(13-23-27)12-22-18-9-10-19-24-25-20(26(19)15-18)11-16-7-5-4-6-8-16/h4-8,13-14,18,22H,9-12,15H2,1-3H3/t18-/m0/s1. The third-order valence-electron chi connectivity index (χ3n) is 5.15. The highest BCUT2D eigenvalue weighted by Crippen LogP contribution is 2.18. The fraction of sp³-hybridized carbons (Fsp3) is 0.476. The molecule has 4 rings (SSSR count). The summed E-state index contributed by atoms with van der Waals surface area (Å²) in [5.41, 5.74) is 2.52. The van der Waals surface area contributed by atoms with Crippen LogP contribution in [0.25, 0.3) is 0 Å². The lowest BCUT2D eigenvalue weighted by Crippen LogP contribution is -2.37. The molecule has 1 aromatic carbocycles. The molecule has 0 fully saturated rings. The Hall–Kier alpha value is -2.47. The minimum atomic E-state index is 0.0206. The van der Waals surface area contributed by atoms with E-state index in [2.05, 4.69) is 76.4 Å². The van der Waals surface area contributed by atoms with E-state index in [0.29, 0.717) is 6.04 Å². The summed E-state index contributed by atoms with van der Waals surface area (Å²) in [6, 6.07) is 10.9. The van der Waals surface area contributed by atoms with Crippen molar-refractivity contribution in [2.45, 2.75) is 64.7 Å². The Labute approximate surface area is 160 Å². The largest absolute Gasteiger partial charge is 0.313 e. The van der Waals surface area contributed by atoms with Crippen molar-refractivity contribution in [1.29, 1.82) is 0 Å². The maximum atomic E-state index is 4.49. The first-order valence-electron chi connectivity index (χ1n) is 9.71. The number of aryl methyl sites for hydroxylation is 1. The molecule has 1 atom stereocenters. The van der Waals surface area contributed by atoms with Crippen LogP contribution in [0.2, 0.25) is 0 Å². The number of aromatic nitrogens is 5. The first-order valence-corrected chi connectivity index (χ1v) is 9.71. The Morgan fingerprint density at radius 3 is 2.67 bits per heavy atom. The van der Waals surface area contributed by atoms with Crippen LogP contribution in [0.15, 0.2) is 42.7 Å². The first-order chi connectivity index (χ1) is 13.0. The zero-order valence-electron chi connectivity index (χ0n) is 16.4. The van der Waals surface area contributed by atoms with E-state index >= 15 is 0 Å². The molecule has 1 aliphatic rings. The molecule has 3 aromatic rings. The Balaban J connectivity index is 1.39. The third kappa shape index (κ3) is 4.11. The lowest BCUT2D eigenvalue weighted by Gasteiger charge is -2.25. The van der Waals surface area contributed by atoms with E-state index < -0.39 is 0 Å². The number of hydrogen-bond acceptors (Lipinski definition) is 4. The molecule has 6 nitrogen and oxygen atoms in total. The van der Waals surface area contributed by atoms with Gasteiger partial charge < -0.3 is 9.88 Å². The molecule has 1 N–H and O–H groups in total. The molecule has 0 unspecified atom stereocenters. The molecule has 27 heavy (non-hydrogen) atoms. The smallest absolute Gasteiger partial charge is 0.137 e. The fourth-order valence-corrected chi connectivity index (χ4v) is 3.54. The molecule has 3 heterocycles. The van der Waals surface area contributed by atoms with E-state index in [4.69, 9.17) is 0 Å². The van der Waals surface area contributed by atoms with Gasteiger partial charge in [0.25, 0.3) is 0 Å². The minimum absolute atomic E-state index is 0.0206. The van der Waals surface area contributed by atoms with Crippen molar-refractivity contribution in [2.75, 3.05) is 0 Å². The van der Waals surface area contributed by atoms with Gasteiger partial charge in [-0.1, -0.05) is 30.3 Å². The van der Waals surface area contributed by atoms with Crippen molar-refractivity contribution in [3.8, 4) is 0 Å². The Morgan fingerprint density at radius 1 is 1.11 bits per heavy atom. The van der Waals surface area contributed by atoms with Gasteiger partial charge >= 0.3 is 0 Å². The Bertz CT molecular complexity index is 887. The molecular formula is C21H28N6. The number of fused-ring (bicyclic) bond motifs is 1. The van der Waals surface area contributed by atoms with Crippen LogP contribution in [0.5, 0.6) is 0 Å². The van der Waals surface area contributed by atoms with Gasteiger partial charge in [0.15, 0.2) is 0 Å². The van der Waals surface area contributed by atoms with Gasteiger partial charge in [0.2, 0.25) is 0 Å². The zero-order chi connectivity index (χ0) is 18.9. The maximum absolute atomic E-state index is 4.49. The topological polar surface area (TPSA) is 60.6 Å². The van der Waals surface area contributed by atoms with Crippen molar-refractivity contribution < 1.29 is 0 Å². The highest BCUT2D eigenvalue weighted by Gasteiger charge is 2.23. The fourth-order valence-electron chi connectivity index (χ4n) is 3.54. The van der Waals surface area contributed by atoms with Gasteiger partial charge in [-0.3, -0.25) is 4.68 Å². The normalized spacial score (nSPS) is 17.1. The Kier molecular flexibility index (Phi) is 4.83. The average Bonchev–Trinajstić information content (AvgIpc) is 3.28. The quantitative estimate of drug-likeness (QED) is 0.756. The molecule has 0 spiro atoms. The molecule has 0 aliphatic carbocycles. The highest BCUT2D eigenvalue weighted by molar-refractivity contribution is 5.19. The molecule has 142 valence electrons. The first kappa shape index (κ1) is 17.9. The van der Waals surface area contributed by atoms with Crippen molar-refractivity contribution in [3.05, 3.63) is 65.5 Å². The summed E-state index contributed by atoms with van der Waals surface area (Å²) in [4.78, 5) is 0. The summed E-state index contributed by atoms with van der Waals surface area (Å²) in [7, 11) is 0. The van der Waals surface area contributed by atoms with Crippen molar-refractivity contribution in [2.24, 2.45) is 0 Å². The predicted octanol–water partition coefficient (Wildman–Crippen LogP) is 2.93. The summed E-state index contributed by atoms with van der Waals surface area (Å²) in [5, 5.41) is 17.0. The minimum Gasteiger partial charge on any atom is -0.313 e. The summed E-state index contributed by atoms with van der Waals surface area (Å²) in [6.07, 6.45) is 7.00. The van der Waals surface area contributed by atoms with Gasteiger partial charge in [0, 0.05) is 43.7 Å². The monoisotopic (exact) mass is 364 g/mol. The van der Waals surface area contributed by atoms with Crippen LogP contribution >= 0.6 is 0 Å². The van der Waals surface area contributed by atoms with Crippen molar-refractivity contribution in [1.82, 2.24) is 29.9 Å². The SMILES string of the molecule is CC(C)(C)n1cc(CN[C@H]2CCc3nnc(Cc4ccccc4)n3C2)cn1. The molecule has 0 amide bonds. The lowest BCUT2D eigenvalue weighted by molar-refractivity contribution is 0.354. The summed E-state index contributed by atoms with van der Waals surface area (Å²) >= 11 is 0. The maximum Gasteiger partial charge on any atom is 0.137 e. The van der Waals surface area contributed by atoms with Crippen LogP contribution in [0, 0.1) is 0 Å². The van der Waals surface area contributed by atoms with E-state index in [0.717, 1.165) is 44.0 Å². The van der Waals surface area contributed by atoms with Gasteiger partial charge in [0.1, 0.15) is 11.6 Å². The van der Waals surface area contributed by atoms with Crippen LogP contribution in [0.3, 0.4) is 0 Å². The van der Waals surface area contributed by atoms with Crippen molar-refractivity contribution in [3.63, 3.8) is 0 Å². The number of benzene rings is 1. The second-order valence-electron chi connectivity index (χ2n) is 8.39. The molecule has 0 saturated carbocycles. The van der Waals surface area contributed by atoms with E-state index in [1.807, 2.05) is 16.9 Å². The summed E-state index contributed by atoms with van der Waals surface area (Å²) in [6.45, 7) is 8.27.